The first kappa shape index (κ1) is 19.0. The maximum absolute atomic E-state index is 12.6. The molecule has 5 rings (SSSR count). The summed E-state index contributed by atoms with van der Waals surface area (Å²) >= 11 is 6.26. The summed E-state index contributed by atoms with van der Waals surface area (Å²) in [4.78, 5) is 37.2. The molecule has 0 aliphatic carbocycles. The molecular formula is C23H16ClN5O2. The molecule has 5 aromatic rings. The predicted octanol–water partition coefficient (Wildman–Crippen LogP) is 4.23. The number of carbonyl (C=O) groups is 1. The molecule has 8 heteroatoms. The molecular weight excluding hydrogens is 414 g/mol. The number of H-pyrrole nitrogens is 1. The number of amides is 1. The Balaban J connectivity index is 1.38. The molecule has 0 bridgehead atoms. The van der Waals surface area contributed by atoms with Crippen molar-refractivity contribution in [2.24, 2.45) is 0 Å². The number of anilines is 1. The highest BCUT2D eigenvalue weighted by Crippen LogP contribution is 2.28. The third-order valence-electron chi connectivity index (χ3n) is 4.94. The number of fused-ring (bicyclic) bond motifs is 2. The van der Waals surface area contributed by atoms with E-state index in [0.717, 1.165) is 16.6 Å². The molecule has 3 aromatic carbocycles. The van der Waals surface area contributed by atoms with E-state index in [2.05, 4.69) is 20.3 Å². The molecule has 1 amide bonds. The van der Waals surface area contributed by atoms with E-state index >= 15 is 0 Å². The summed E-state index contributed by atoms with van der Waals surface area (Å²) in [6.07, 6.45) is 1.39. The Morgan fingerprint density at radius 2 is 1.84 bits per heavy atom. The van der Waals surface area contributed by atoms with Gasteiger partial charge in [-0.2, -0.15) is 0 Å². The fourth-order valence-electron chi connectivity index (χ4n) is 3.44. The first-order valence-electron chi connectivity index (χ1n) is 9.57. The molecule has 0 spiro atoms. The maximum atomic E-state index is 12.6. The van der Waals surface area contributed by atoms with Crippen LogP contribution in [0.5, 0.6) is 0 Å². The van der Waals surface area contributed by atoms with E-state index in [1.54, 1.807) is 36.4 Å². The molecule has 0 atom stereocenters. The van der Waals surface area contributed by atoms with Crippen LogP contribution < -0.4 is 10.9 Å². The number of aromatic amines is 1. The number of benzene rings is 3. The molecule has 0 aliphatic rings. The molecule has 7 nitrogen and oxygen atoms in total. The van der Waals surface area contributed by atoms with Gasteiger partial charge in [-0.05, 0) is 42.5 Å². The molecule has 0 radical (unpaired) electrons. The van der Waals surface area contributed by atoms with Crippen LogP contribution in [-0.2, 0) is 11.3 Å². The number of imidazole rings is 1. The molecule has 0 saturated heterocycles. The van der Waals surface area contributed by atoms with Crippen molar-refractivity contribution in [3.63, 3.8) is 0 Å². The van der Waals surface area contributed by atoms with Crippen molar-refractivity contribution in [1.29, 1.82) is 0 Å². The molecule has 152 valence electrons. The van der Waals surface area contributed by atoms with Gasteiger partial charge >= 0.3 is 0 Å². The highest BCUT2D eigenvalue weighted by Gasteiger charge is 2.11. The quantitative estimate of drug-likeness (QED) is 0.447. The van der Waals surface area contributed by atoms with Crippen LogP contribution in [0, 0.1) is 0 Å². The largest absolute Gasteiger partial charge is 0.338 e. The highest BCUT2D eigenvalue weighted by molar-refractivity contribution is 6.33. The van der Waals surface area contributed by atoms with Gasteiger partial charge in [0.1, 0.15) is 12.4 Å². The Kier molecular flexibility index (Phi) is 4.72. The molecule has 31 heavy (non-hydrogen) atoms. The van der Waals surface area contributed by atoms with Crippen LogP contribution in [-0.4, -0.2) is 25.4 Å². The number of carbonyl (C=O) groups excluding carboxylic acids is 1. The second kappa shape index (κ2) is 7.70. The molecule has 0 unspecified atom stereocenters. The number of nitrogens with zero attached hydrogens (tertiary/aromatic N) is 3. The van der Waals surface area contributed by atoms with Crippen molar-refractivity contribution in [3.8, 4) is 11.4 Å². The SMILES string of the molecule is O=C(Cn1cnc2ccccc2c1=O)Nc1ccc2nc(-c3ccccc3Cl)[nH]c2c1. The van der Waals surface area contributed by atoms with Crippen molar-refractivity contribution in [1.82, 2.24) is 19.5 Å². The van der Waals surface area contributed by atoms with Crippen LogP contribution in [0.2, 0.25) is 5.02 Å². The van der Waals surface area contributed by atoms with Gasteiger partial charge in [0.25, 0.3) is 5.56 Å². The Labute approximate surface area is 181 Å². The number of halogens is 1. The van der Waals surface area contributed by atoms with Gasteiger partial charge in [-0.1, -0.05) is 35.9 Å². The van der Waals surface area contributed by atoms with Gasteiger partial charge in [0.2, 0.25) is 5.91 Å². The molecule has 2 heterocycles. The average molecular weight is 430 g/mol. The lowest BCUT2D eigenvalue weighted by Crippen LogP contribution is -2.27. The highest BCUT2D eigenvalue weighted by atomic mass is 35.5. The van der Waals surface area contributed by atoms with Crippen LogP contribution in [0.15, 0.2) is 77.9 Å². The van der Waals surface area contributed by atoms with E-state index in [1.807, 2.05) is 30.3 Å². The van der Waals surface area contributed by atoms with E-state index in [0.29, 0.717) is 27.4 Å². The van der Waals surface area contributed by atoms with Gasteiger partial charge in [0.05, 0.1) is 33.3 Å². The molecule has 0 saturated carbocycles. The van der Waals surface area contributed by atoms with E-state index in [4.69, 9.17) is 11.6 Å². The van der Waals surface area contributed by atoms with Crippen molar-refractivity contribution in [2.45, 2.75) is 6.54 Å². The van der Waals surface area contributed by atoms with Gasteiger partial charge in [-0.15, -0.1) is 0 Å². The second-order valence-electron chi connectivity index (χ2n) is 7.04. The summed E-state index contributed by atoms with van der Waals surface area (Å²) in [5.41, 5.74) is 3.25. The van der Waals surface area contributed by atoms with Crippen molar-refractivity contribution >= 4 is 45.1 Å². The summed E-state index contributed by atoms with van der Waals surface area (Å²) in [7, 11) is 0. The third kappa shape index (κ3) is 3.67. The standard InChI is InChI=1S/C23H16ClN5O2/c24-17-7-3-1-5-15(17)22-27-19-10-9-14(11-20(19)28-22)26-21(30)12-29-13-25-18-8-4-2-6-16(18)23(29)31/h1-11,13H,12H2,(H,26,30)(H,27,28). The van der Waals surface area contributed by atoms with Crippen molar-refractivity contribution in [3.05, 3.63) is 88.4 Å². The third-order valence-corrected chi connectivity index (χ3v) is 5.27. The number of para-hydroxylation sites is 1. The summed E-state index contributed by atoms with van der Waals surface area (Å²) in [6.45, 7) is -0.136. The minimum atomic E-state index is -0.329. The van der Waals surface area contributed by atoms with Crippen LogP contribution in [0.4, 0.5) is 5.69 Å². The lowest BCUT2D eigenvalue weighted by atomic mass is 10.2. The number of hydrogen-bond donors (Lipinski definition) is 2. The molecule has 2 N–H and O–H groups in total. The zero-order chi connectivity index (χ0) is 21.4. The summed E-state index contributed by atoms with van der Waals surface area (Å²) in [6, 6.07) is 19.9. The second-order valence-corrected chi connectivity index (χ2v) is 7.45. The van der Waals surface area contributed by atoms with Crippen LogP contribution in [0.3, 0.4) is 0 Å². The molecule has 0 aliphatic heterocycles. The van der Waals surface area contributed by atoms with Crippen LogP contribution in [0.25, 0.3) is 33.3 Å². The summed E-state index contributed by atoms with van der Waals surface area (Å²) in [5.74, 6) is 0.322. The minimum Gasteiger partial charge on any atom is -0.338 e. The van der Waals surface area contributed by atoms with Gasteiger partial charge in [-0.25, -0.2) is 9.97 Å². The number of rotatable bonds is 4. The Bertz CT molecular complexity index is 1510. The predicted molar refractivity (Wildman–Crippen MR) is 121 cm³/mol. The first-order chi connectivity index (χ1) is 15.1. The van der Waals surface area contributed by atoms with E-state index in [-0.39, 0.29) is 18.0 Å². The molecule has 0 fully saturated rings. The number of hydrogen-bond acceptors (Lipinski definition) is 4. The van der Waals surface area contributed by atoms with Crippen molar-refractivity contribution < 1.29 is 4.79 Å². The minimum absolute atomic E-state index is 0.136. The van der Waals surface area contributed by atoms with Gasteiger partial charge in [0.15, 0.2) is 0 Å². The lowest BCUT2D eigenvalue weighted by molar-refractivity contribution is -0.116. The average Bonchev–Trinajstić information content (AvgIpc) is 3.19. The smallest absolute Gasteiger partial charge is 0.261 e. The maximum Gasteiger partial charge on any atom is 0.261 e. The van der Waals surface area contributed by atoms with E-state index in [1.165, 1.54) is 10.9 Å². The summed E-state index contributed by atoms with van der Waals surface area (Å²) < 4.78 is 1.29. The fraction of sp³-hybridized carbons (Fsp3) is 0.0435. The van der Waals surface area contributed by atoms with Crippen molar-refractivity contribution in [2.75, 3.05) is 5.32 Å². The number of nitrogens with one attached hydrogen (secondary N) is 2. The number of aromatic nitrogens is 4. The van der Waals surface area contributed by atoms with Gasteiger partial charge in [-0.3, -0.25) is 14.2 Å². The Morgan fingerprint density at radius 3 is 2.71 bits per heavy atom. The lowest BCUT2D eigenvalue weighted by Gasteiger charge is -2.08. The van der Waals surface area contributed by atoms with Gasteiger partial charge in [0, 0.05) is 11.3 Å². The zero-order valence-corrected chi connectivity index (χ0v) is 16.9. The fourth-order valence-corrected chi connectivity index (χ4v) is 3.67. The van der Waals surface area contributed by atoms with Crippen LogP contribution in [0.1, 0.15) is 0 Å². The van der Waals surface area contributed by atoms with Gasteiger partial charge < -0.3 is 10.3 Å². The van der Waals surface area contributed by atoms with E-state index in [9.17, 15) is 9.59 Å². The zero-order valence-electron chi connectivity index (χ0n) is 16.2. The Hall–Kier alpha value is -3.97. The monoisotopic (exact) mass is 429 g/mol. The van der Waals surface area contributed by atoms with E-state index < -0.39 is 0 Å². The normalized spacial score (nSPS) is 11.1. The summed E-state index contributed by atoms with van der Waals surface area (Å²) in [5, 5.41) is 3.90. The van der Waals surface area contributed by atoms with Crippen LogP contribution >= 0.6 is 11.6 Å². The Morgan fingerprint density at radius 1 is 1.03 bits per heavy atom. The topological polar surface area (TPSA) is 92.7 Å². The molecule has 2 aromatic heterocycles. The first-order valence-corrected chi connectivity index (χ1v) is 9.95.